The van der Waals surface area contributed by atoms with Gasteiger partial charge in [0.1, 0.15) is 6.10 Å². The van der Waals surface area contributed by atoms with E-state index in [0.29, 0.717) is 0 Å². The van der Waals surface area contributed by atoms with Gasteiger partial charge in [0.2, 0.25) is 0 Å². The monoisotopic (exact) mass is 296 g/mol. The van der Waals surface area contributed by atoms with Gasteiger partial charge in [0.25, 0.3) is 0 Å². The maximum atomic E-state index is 10.6. The Hall–Kier alpha value is -2.04. The van der Waals surface area contributed by atoms with Gasteiger partial charge in [-0.1, -0.05) is 36.4 Å². The van der Waals surface area contributed by atoms with Crippen molar-refractivity contribution in [2.75, 3.05) is 6.26 Å². The van der Waals surface area contributed by atoms with Crippen molar-refractivity contribution in [2.45, 2.75) is 11.0 Å². The summed E-state index contributed by atoms with van der Waals surface area (Å²) in [5.41, 5.74) is 2.69. The molecule has 21 heavy (non-hydrogen) atoms. The molecule has 1 N–H and O–H groups in total. The summed E-state index contributed by atoms with van der Waals surface area (Å²) in [5, 5.41) is 14.9. The topological polar surface area (TPSA) is 38.1 Å². The molecule has 2 aromatic carbocycles. The second kappa shape index (κ2) is 6.16. The zero-order valence-electron chi connectivity index (χ0n) is 11.7. The molecule has 1 aromatic heterocycles. The third-order valence-corrected chi connectivity index (χ3v) is 4.18. The Kier molecular flexibility index (Phi) is 4.08. The fourth-order valence-electron chi connectivity index (χ4n) is 2.27. The van der Waals surface area contributed by atoms with Gasteiger partial charge in [-0.25, -0.2) is 4.68 Å². The number of aliphatic hydroxyl groups is 1. The lowest BCUT2D eigenvalue weighted by atomic mass is 10.0. The highest BCUT2D eigenvalue weighted by atomic mass is 32.2. The molecular formula is C17H16N2OS. The quantitative estimate of drug-likeness (QED) is 0.746. The lowest BCUT2D eigenvalue weighted by Gasteiger charge is -2.12. The van der Waals surface area contributed by atoms with Crippen molar-refractivity contribution in [1.29, 1.82) is 0 Å². The number of nitrogens with zero attached hydrogens (tertiary/aromatic N) is 2. The largest absolute Gasteiger partial charge is 0.383 e. The molecule has 106 valence electrons. The van der Waals surface area contributed by atoms with Gasteiger partial charge in [-0.05, 0) is 30.0 Å². The first kappa shape index (κ1) is 13.9. The van der Waals surface area contributed by atoms with Crippen LogP contribution in [0.1, 0.15) is 17.2 Å². The van der Waals surface area contributed by atoms with Crippen molar-refractivity contribution in [2.24, 2.45) is 0 Å². The minimum atomic E-state index is -0.661. The molecule has 0 fully saturated rings. The molecule has 0 bridgehead atoms. The summed E-state index contributed by atoms with van der Waals surface area (Å²) < 4.78 is 1.78. The molecule has 3 aromatic rings. The second-order valence-corrected chi connectivity index (χ2v) is 5.55. The number of hydrogen-bond donors (Lipinski definition) is 1. The molecule has 3 rings (SSSR count). The van der Waals surface area contributed by atoms with Gasteiger partial charge in [-0.15, -0.1) is 11.8 Å². The van der Waals surface area contributed by atoms with Crippen LogP contribution in [0.4, 0.5) is 0 Å². The lowest BCUT2D eigenvalue weighted by molar-refractivity contribution is 0.217. The van der Waals surface area contributed by atoms with E-state index in [1.54, 1.807) is 22.6 Å². The fourth-order valence-corrected chi connectivity index (χ4v) is 2.90. The maximum absolute atomic E-state index is 10.6. The molecule has 0 radical (unpaired) electrons. The summed E-state index contributed by atoms with van der Waals surface area (Å²) in [5.74, 6) is 0. The van der Waals surface area contributed by atoms with E-state index in [1.165, 1.54) is 0 Å². The summed E-state index contributed by atoms with van der Waals surface area (Å²) in [6.07, 6.45) is 4.94. The highest BCUT2D eigenvalue weighted by molar-refractivity contribution is 7.98. The molecule has 0 amide bonds. The molecule has 0 aliphatic carbocycles. The van der Waals surface area contributed by atoms with Crippen molar-refractivity contribution in [3.63, 3.8) is 0 Å². The predicted octanol–water partition coefficient (Wildman–Crippen LogP) is 3.68. The number of hydrogen-bond acceptors (Lipinski definition) is 3. The predicted molar refractivity (Wildman–Crippen MR) is 85.8 cm³/mol. The van der Waals surface area contributed by atoms with Crippen LogP contribution in [0.5, 0.6) is 0 Å². The van der Waals surface area contributed by atoms with Crippen LogP contribution in [0.3, 0.4) is 0 Å². The van der Waals surface area contributed by atoms with Gasteiger partial charge in [-0.3, -0.25) is 0 Å². The minimum absolute atomic E-state index is 0.661. The molecule has 3 nitrogen and oxygen atoms in total. The second-order valence-electron chi connectivity index (χ2n) is 4.70. The van der Waals surface area contributed by atoms with Gasteiger partial charge in [-0.2, -0.15) is 5.10 Å². The van der Waals surface area contributed by atoms with E-state index in [9.17, 15) is 5.11 Å². The molecule has 4 heteroatoms. The smallest absolute Gasteiger partial charge is 0.108 e. The summed E-state index contributed by atoms with van der Waals surface area (Å²) >= 11 is 1.63. The molecule has 0 spiro atoms. The first-order chi connectivity index (χ1) is 10.3. The van der Waals surface area contributed by atoms with E-state index >= 15 is 0 Å². The third kappa shape index (κ3) is 2.86. The van der Waals surface area contributed by atoms with E-state index < -0.39 is 6.10 Å². The molecule has 0 saturated heterocycles. The van der Waals surface area contributed by atoms with Gasteiger partial charge in [0.15, 0.2) is 0 Å². The molecule has 0 saturated carbocycles. The highest BCUT2D eigenvalue weighted by Gasteiger charge is 2.16. The van der Waals surface area contributed by atoms with Gasteiger partial charge >= 0.3 is 0 Å². The number of aromatic nitrogens is 2. The standard InChI is InChI=1S/C17H16N2OS/c1-21-16-10-6-5-9-15(16)17(20)13-11-18-19(12-13)14-7-3-2-4-8-14/h2-12,17,20H,1H3. The van der Waals surface area contributed by atoms with Crippen molar-refractivity contribution < 1.29 is 5.11 Å². The first-order valence-corrected chi connectivity index (χ1v) is 7.93. The molecule has 1 atom stereocenters. The Labute approximate surface area is 128 Å². The Morgan fingerprint density at radius 3 is 2.52 bits per heavy atom. The van der Waals surface area contributed by atoms with E-state index in [1.807, 2.05) is 67.0 Å². The number of benzene rings is 2. The van der Waals surface area contributed by atoms with Crippen molar-refractivity contribution in [1.82, 2.24) is 9.78 Å². The first-order valence-electron chi connectivity index (χ1n) is 6.70. The van der Waals surface area contributed by atoms with Gasteiger partial charge < -0.3 is 5.11 Å². The van der Waals surface area contributed by atoms with Crippen LogP contribution in [0.15, 0.2) is 71.9 Å². The van der Waals surface area contributed by atoms with E-state index in [0.717, 1.165) is 21.7 Å². The zero-order chi connectivity index (χ0) is 14.7. The molecular weight excluding hydrogens is 280 g/mol. The average Bonchev–Trinajstić information content (AvgIpc) is 3.05. The molecule has 0 aliphatic heterocycles. The zero-order valence-corrected chi connectivity index (χ0v) is 12.5. The average molecular weight is 296 g/mol. The Morgan fingerprint density at radius 1 is 1.05 bits per heavy atom. The fraction of sp³-hybridized carbons (Fsp3) is 0.118. The van der Waals surface area contributed by atoms with Crippen LogP contribution in [-0.2, 0) is 0 Å². The van der Waals surface area contributed by atoms with E-state index in [2.05, 4.69) is 5.10 Å². The summed E-state index contributed by atoms with van der Waals surface area (Å²) in [7, 11) is 0. The number of aliphatic hydroxyl groups excluding tert-OH is 1. The Bertz CT molecular complexity index is 724. The molecule has 1 heterocycles. The van der Waals surface area contributed by atoms with Crippen LogP contribution in [0.25, 0.3) is 5.69 Å². The Balaban J connectivity index is 1.93. The van der Waals surface area contributed by atoms with Crippen LogP contribution < -0.4 is 0 Å². The number of rotatable bonds is 4. The maximum Gasteiger partial charge on any atom is 0.108 e. The highest BCUT2D eigenvalue weighted by Crippen LogP contribution is 2.30. The van der Waals surface area contributed by atoms with E-state index in [-0.39, 0.29) is 0 Å². The van der Waals surface area contributed by atoms with Gasteiger partial charge in [0, 0.05) is 16.7 Å². The molecule has 0 aliphatic rings. The lowest BCUT2D eigenvalue weighted by Crippen LogP contribution is -2.00. The van der Waals surface area contributed by atoms with Crippen LogP contribution in [0, 0.1) is 0 Å². The van der Waals surface area contributed by atoms with Crippen LogP contribution >= 0.6 is 11.8 Å². The SMILES string of the molecule is CSc1ccccc1C(O)c1cnn(-c2ccccc2)c1. The van der Waals surface area contributed by atoms with Crippen molar-refractivity contribution in [3.05, 3.63) is 78.1 Å². The number of thioether (sulfide) groups is 1. The normalized spacial score (nSPS) is 12.3. The summed E-state index contributed by atoms with van der Waals surface area (Å²) in [6, 6.07) is 17.8. The van der Waals surface area contributed by atoms with Crippen LogP contribution in [-0.4, -0.2) is 21.1 Å². The molecule has 1 unspecified atom stereocenters. The summed E-state index contributed by atoms with van der Waals surface area (Å²) in [4.78, 5) is 1.08. The van der Waals surface area contributed by atoms with Crippen molar-refractivity contribution in [3.8, 4) is 5.69 Å². The summed E-state index contributed by atoms with van der Waals surface area (Å²) in [6.45, 7) is 0. The number of para-hydroxylation sites is 1. The van der Waals surface area contributed by atoms with E-state index in [4.69, 9.17) is 0 Å². The third-order valence-electron chi connectivity index (χ3n) is 3.37. The van der Waals surface area contributed by atoms with Gasteiger partial charge in [0.05, 0.1) is 11.9 Å². The van der Waals surface area contributed by atoms with Crippen molar-refractivity contribution >= 4 is 11.8 Å². The Morgan fingerprint density at radius 2 is 1.76 bits per heavy atom. The van der Waals surface area contributed by atoms with Crippen LogP contribution in [0.2, 0.25) is 0 Å². The minimum Gasteiger partial charge on any atom is -0.383 e.